The third-order valence-corrected chi connectivity index (χ3v) is 4.14. The molecular formula is C17H23NO. The van der Waals surface area contributed by atoms with Crippen molar-refractivity contribution in [3.8, 4) is 0 Å². The summed E-state index contributed by atoms with van der Waals surface area (Å²) in [4.78, 5) is 0. The zero-order valence-corrected chi connectivity index (χ0v) is 12.1. The summed E-state index contributed by atoms with van der Waals surface area (Å²) in [6.07, 6.45) is 3.57. The van der Waals surface area contributed by atoms with Crippen LogP contribution in [0.2, 0.25) is 0 Å². The summed E-state index contributed by atoms with van der Waals surface area (Å²) in [6, 6.07) is 8.66. The molecular weight excluding hydrogens is 234 g/mol. The average molecular weight is 257 g/mol. The first-order chi connectivity index (χ1) is 9.09. The fourth-order valence-corrected chi connectivity index (χ4v) is 3.39. The molecule has 0 spiro atoms. The Kier molecular flexibility index (Phi) is 3.14. The summed E-state index contributed by atoms with van der Waals surface area (Å²) in [5, 5.41) is 4.93. The normalized spacial score (nSPS) is 23.6. The van der Waals surface area contributed by atoms with Crippen LogP contribution in [0.5, 0.6) is 0 Å². The van der Waals surface area contributed by atoms with E-state index in [4.69, 9.17) is 4.42 Å². The number of fused-ring (bicyclic) bond motifs is 1. The average Bonchev–Trinajstić information content (AvgIpc) is 2.94. The van der Waals surface area contributed by atoms with Gasteiger partial charge in [0.25, 0.3) is 0 Å². The van der Waals surface area contributed by atoms with Gasteiger partial charge in [0.05, 0.1) is 5.54 Å². The second-order valence-corrected chi connectivity index (χ2v) is 6.36. The van der Waals surface area contributed by atoms with Crippen LogP contribution >= 0.6 is 0 Å². The highest BCUT2D eigenvalue weighted by Crippen LogP contribution is 2.39. The molecule has 1 aliphatic heterocycles. The first-order valence-corrected chi connectivity index (χ1v) is 7.35. The van der Waals surface area contributed by atoms with E-state index in [1.807, 2.05) is 0 Å². The van der Waals surface area contributed by atoms with E-state index in [-0.39, 0.29) is 5.54 Å². The number of aryl methyl sites for hydroxylation is 1. The smallest absolute Gasteiger partial charge is 0.134 e. The molecule has 19 heavy (non-hydrogen) atoms. The van der Waals surface area contributed by atoms with Gasteiger partial charge >= 0.3 is 0 Å². The van der Waals surface area contributed by atoms with Crippen molar-refractivity contribution in [1.82, 2.24) is 5.32 Å². The van der Waals surface area contributed by atoms with Crippen LogP contribution < -0.4 is 5.32 Å². The van der Waals surface area contributed by atoms with Crippen LogP contribution in [-0.2, 0) is 5.54 Å². The van der Waals surface area contributed by atoms with Crippen LogP contribution in [0.15, 0.2) is 28.7 Å². The predicted octanol–water partition coefficient (Wildman–Crippen LogP) is 4.37. The van der Waals surface area contributed by atoms with Gasteiger partial charge in [-0.15, -0.1) is 0 Å². The van der Waals surface area contributed by atoms with Crippen molar-refractivity contribution in [2.45, 2.75) is 45.6 Å². The molecule has 2 heterocycles. The molecule has 1 atom stereocenters. The standard InChI is InChI=1S/C17H23NO/c1-12(2)11-17(7-4-8-18-17)16-10-14-9-13(3)5-6-15(14)19-16/h5-6,9-10,12,18H,4,7-8,11H2,1-3H3. The summed E-state index contributed by atoms with van der Waals surface area (Å²) >= 11 is 0. The zero-order valence-electron chi connectivity index (χ0n) is 12.1. The van der Waals surface area contributed by atoms with E-state index in [0.717, 1.165) is 24.3 Å². The summed E-state index contributed by atoms with van der Waals surface area (Å²) in [6.45, 7) is 7.80. The van der Waals surface area contributed by atoms with Crippen LogP contribution in [0.4, 0.5) is 0 Å². The van der Waals surface area contributed by atoms with Crippen LogP contribution in [0, 0.1) is 12.8 Å². The van der Waals surface area contributed by atoms with Crippen LogP contribution in [0.25, 0.3) is 11.0 Å². The van der Waals surface area contributed by atoms with E-state index in [9.17, 15) is 0 Å². The molecule has 2 heteroatoms. The molecule has 1 N–H and O–H groups in total. The number of hydrogen-bond donors (Lipinski definition) is 1. The molecule has 0 bridgehead atoms. The largest absolute Gasteiger partial charge is 0.459 e. The zero-order chi connectivity index (χ0) is 13.5. The highest BCUT2D eigenvalue weighted by Gasteiger charge is 2.38. The molecule has 0 amide bonds. The van der Waals surface area contributed by atoms with Gasteiger partial charge in [-0.2, -0.15) is 0 Å². The molecule has 1 saturated heterocycles. The Labute approximate surface area is 115 Å². The van der Waals surface area contributed by atoms with Gasteiger partial charge in [-0.05, 0) is 56.8 Å². The molecule has 0 aliphatic carbocycles. The summed E-state index contributed by atoms with van der Waals surface area (Å²) in [5.74, 6) is 1.79. The van der Waals surface area contributed by atoms with Gasteiger partial charge in [0.2, 0.25) is 0 Å². The molecule has 2 nitrogen and oxygen atoms in total. The monoisotopic (exact) mass is 257 g/mol. The molecule has 1 aliphatic rings. The Hall–Kier alpha value is -1.28. The minimum atomic E-state index is 0.0566. The van der Waals surface area contributed by atoms with Crippen molar-refractivity contribution in [3.63, 3.8) is 0 Å². The fraction of sp³-hybridized carbons (Fsp3) is 0.529. The fourth-order valence-electron chi connectivity index (χ4n) is 3.39. The number of benzene rings is 1. The third-order valence-electron chi connectivity index (χ3n) is 4.14. The maximum Gasteiger partial charge on any atom is 0.134 e. The molecule has 1 unspecified atom stereocenters. The lowest BCUT2D eigenvalue weighted by atomic mass is 9.85. The summed E-state index contributed by atoms with van der Waals surface area (Å²) < 4.78 is 6.15. The molecule has 0 saturated carbocycles. The van der Waals surface area contributed by atoms with Gasteiger partial charge in [-0.25, -0.2) is 0 Å². The lowest BCUT2D eigenvalue weighted by Crippen LogP contribution is -2.37. The van der Waals surface area contributed by atoms with Gasteiger partial charge in [0.15, 0.2) is 0 Å². The van der Waals surface area contributed by atoms with Crippen LogP contribution in [0.3, 0.4) is 0 Å². The van der Waals surface area contributed by atoms with Gasteiger partial charge in [-0.1, -0.05) is 25.5 Å². The van der Waals surface area contributed by atoms with E-state index in [2.05, 4.69) is 50.4 Å². The van der Waals surface area contributed by atoms with Crippen LogP contribution in [0.1, 0.15) is 44.4 Å². The Bertz CT molecular complexity index is 576. The molecule has 1 fully saturated rings. The van der Waals surface area contributed by atoms with Gasteiger partial charge in [-0.3, -0.25) is 0 Å². The Morgan fingerprint density at radius 3 is 2.84 bits per heavy atom. The number of hydrogen-bond acceptors (Lipinski definition) is 2. The maximum absolute atomic E-state index is 6.15. The quantitative estimate of drug-likeness (QED) is 0.883. The second kappa shape index (κ2) is 4.68. The van der Waals surface area contributed by atoms with Crippen molar-refractivity contribution in [3.05, 3.63) is 35.6 Å². The molecule has 0 radical (unpaired) electrons. The lowest BCUT2D eigenvalue weighted by molar-refractivity contribution is 0.261. The van der Waals surface area contributed by atoms with E-state index in [0.29, 0.717) is 5.92 Å². The highest BCUT2D eigenvalue weighted by molar-refractivity contribution is 5.79. The predicted molar refractivity (Wildman–Crippen MR) is 79.3 cm³/mol. The first-order valence-electron chi connectivity index (χ1n) is 7.35. The topological polar surface area (TPSA) is 25.2 Å². The van der Waals surface area contributed by atoms with Gasteiger partial charge in [0, 0.05) is 5.39 Å². The van der Waals surface area contributed by atoms with E-state index in [1.165, 1.54) is 23.8 Å². The Morgan fingerprint density at radius 1 is 1.32 bits per heavy atom. The molecule has 102 valence electrons. The molecule has 2 aromatic rings. The van der Waals surface area contributed by atoms with Crippen molar-refractivity contribution < 1.29 is 4.42 Å². The van der Waals surface area contributed by atoms with E-state index in [1.54, 1.807) is 0 Å². The lowest BCUT2D eigenvalue weighted by Gasteiger charge is -2.29. The second-order valence-electron chi connectivity index (χ2n) is 6.36. The maximum atomic E-state index is 6.15. The molecule has 1 aromatic heterocycles. The van der Waals surface area contributed by atoms with Crippen LogP contribution in [-0.4, -0.2) is 6.54 Å². The number of nitrogens with one attached hydrogen (secondary N) is 1. The first kappa shape index (κ1) is 12.7. The third kappa shape index (κ3) is 2.30. The van der Waals surface area contributed by atoms with E-state index < -0.39 is 0 Å². The molecule has 1 aromatic carbocycles. The van der Waals surface area contributed by atoms with Gasteiger partial charge in [0.1, 0.15) is 11.3 Å². The number of furan rings is 1. The molecule has 3 rings (SSSR count). The van der Waals surface area contributed by atoms with Crippen molar-refractivity contribution >= 4 is 11.0 Å². The van der Waals surface area contributed by atoms with Crippen molar-refractivity contribution in [1.29, 1.82) is 0 Å². The number of rotatable bonds is 3. The van der Waals surface area contributed by atoms with Crippen molar-refractivity contribution in [2.24, 2.45) is 5.92 Å². The SMILES string of the molecule is Cc1ccc2oc(C3(CC(C)C)CCCN3)cc2c1. The highest BCUT2D eigenvalue weighted by atomic mass is 16.3. The Balaban J connectivity index is 2.05. The minimum absolute atomic E-state index is 0.0566. The van der Waals surface area contributed by atoms with Gasteiger partial charge < -0.3 is 9.73 Å². The van der Waals surface area contributed by atoms with E-state index >= 15 is 0 Å². The minimum Gasteiger partial charge on any atom is -0.459 e. The Morgan fingerprint density at radius 2 is 2.16 bits per heavy atom. The summed E-state index contributed by atoms with van der Waals surface area (Å²) in [5.41, 5.74) is 2.36. The summed E-state index contributed by atoms with van der Waals surface area (Å²) in [7, 11) is 0. The van der Waals surface area contributed by atoms with Crippen molar-refractivity contribution in [2.75, 3.05) is 6.54 Å².